The average molecular weight is 285 g/mol. The molecule has 0 aliphatic heterocycles. The monoisotopic (exact) mass is 285 g/mol. The van der Waals surface area contributed by atoms with Crippen molar-refractivity contribution in [2.75, 3.05) is 7.11 Å². The second kappa shape index (κ2) is 9.81. The van der Waals surface area contributed by atoms with E-state index >= 15 is 0 Å². The summed E-state index contributed by atoms with van der Waals surface area (Å²) in [6, 6.07) is 0. The van der Waals surface area contributed by atoms with Crippen molar-refractivity contribution in [2.24, 2.45) is 17.8 Å². The molecule has 0 bridgehead atoms. The van der Waals surface area contributed by atoms with Gasteiger partial charge in [0.05, 0.1) is 0 Å². The first-order chi connectivity index (χ1) is 10.1. The maximum atomic E-state index is 5.89. The van der Waals surface area contributed by atoms with E-state index < -0.39 is 0 Å². The first kappa shape index (κ1) is 18.0. The van der Waals surface area contributed by atoms with Gasteiger partial charge in [0.1, 0.15) is 0 Å². The van der Waals surface area contributed by atoms with Crippen molar-refractivity contribution in [3.8, 4) is 0 Å². The van der Waals surface area contributed by atoms with Crippen molar-refractivity contribution in [1.29, 1.82) is 0 Å². The number of rotatable bonds is 9. The molecule has 1 aliphatic rings. The van der Waals surface area contributed by atoms with Crippen molar-refractivity contribution in [3.05, 3.63) is 36.0 Å². The van der Waals surface area contributed by atoms with E-state index in [1.54, 1.807) is 7.11 Å². The van der Waals surface area contributed by atoms with Gasteiger partial charge >= 0.3 is 132 Å². The fraction of sp³-hybridized carbons (Fsp3) is 0.632. The molecule has 0 N–H and O–H groups in total. The summed E-state index contributed by atoms with van der Waals surface area (Å²) in [7, 11) is 7.53. The Morgan fingerprint density at radius 2 is 2.19 bits per heavy atom. The van der Waals surface area contributed by atoms with Crippen molar-refractivity contribution in [1.82, 2.24) is 0 Å². The third kappa shape index (κ3) is 6.07. The fourth-order valence-electron chi connectivity index (χ4n) is 3.09. The van der Waals surface area contributed by atoms with Crippen LogP contribution in [0.1, 0.15) is 52.9 Å². The second-order valence-electron chi connectivity index (χ2n) is 6.06. The van der Waals surface area contributed by atoms with Crippen molar-refractivity contribution < 1.29 is 4.74 Å². The molecule has 0 aromatic carbocycles. The zero-order valence-corrected chi connectivity index (χ0v) is 14.1. The van der Waals surface area contributed by atoms with Crippen LogP contribution in [0.15, 0.2) is 36.0 Å². The first-order valence-corrected chi connectivity index (χ1v) is 8.29. The summed E-state index contributed by atoms with van der Waals surface area (Å²) in [4.78, 5) is 0. The molecule has 3 unspecified atom stereocenters. The molecular weight excluding hydrogens is 255 g/mol. The predicted octanol–water partition coefficient (Wildman–Crippen LogP) is 4.84. The molecule has 0 aromatic heterocycles. The van der Waals surface area contributed by atoms with Crippen LogP contribution in [-0.4, -0.2) is 20.2 Å². The van der Waals surface area contributed by atoms with Crippen LogP contribution in [0.4, 0.5) is 0 Å². The van der Waals surface area contributed by atoms with E-state index in [-0.39, 0.29) is 0 Å². The van der Waals surface area contributed by atoms with Gasteiger partial charge in [-0.1, -0.05) is 0 Å². The topological polar surface area (TPSA) is 9.23 Å². The minimum absolute atomic E-state index is 0.412. The second-order valence-corrected chi connectivity index (χ2v) is 6.06. The number of methoxy groups -OCH3 is 1. The Hall–Kier alpha value is -1.05. The van der Waals surface area contributed by atoms with E-state index in [1.165, 1.54) is 31.3 Å². The zero-order chi connectivity index (χ0) is 15.7. The molecular formula is C19H30BO. The third-order valence-corrected chi connectivity index (χ3v) is 4.32. The standard InChI is InChI=1S/C19H30BO/c1-5-7-8-10-16-11-12-18(15(3)13-16)17(9-6-2)14-19(20)21-4/h6,9,11-13,15,17-18H,5,7-8,10,14H2,1-4H3/b9-6-. The van der Waals surface area contributed by atoms with Gasteiger partial charge in [0.25, 0.3) is 0 Å². The fourth-order valence-corrected chi connectivity index (χ4v) is 3.09. The third-order valence-electron chi connectivity index (χ3n) is 4.32. The van der Waals surface area contributed by atoms with Crippen molar-refractivity contribution in [3.63, 3.8) is 0 Å². The Bertz CT molecular complexity index is 406. The summed E-state index contributed by atoms with van der Waals surface area (Å²) in [5.41, 5.74) is 2.12. The molecule has 1 aliphatic carbocycles. The van der Waals surface area contributed by atoms with Crippen LogP contribution >= 0.6 is 0 Å². The molecule has 0 spiro atoms. The maximum absolute atomic E-state index is 5.89. The van der Waals surface area contributed by atoms with Crippen LogP contribution in [0, 0.1) is 17.8 Å². The molecule has 3 atom stereocenters. The zero-order valence-electron chi connectivity index (χ0n) is 14.1. The van der Waals surface area contributed by atoms with E-state index in [1.807, 2.05) is 0 Å². The van der Waals surface area contributed by atoms with Gasteiger partial charge in [0.2, 0.25) is 0 Å². The van der Waals surface area contributed by atoms with Crippen molar-refractivity contribution in [2.45, 2.75) is 52.9 Å². The van der Waals surface area contributed by atoms with Gasteiger partial charge in [-0.05, 0) is 0 Å². The number of allylic oxidation sites excluding steroid dienone is 6. The molecule has 0 heterocycles. The predicted molar refractivity (Wildman–Crippen MR) is 94.7 cm³/mol. The summed E-state index contributed by atoms with van der Waals surface area (Å²) < 4.78 is 5.16. The molecule has 1 rings (SSSR count). The molecule has 0 amide bonds. The van der Waals surface area contributed by atoms with E-state index in [9.17, 15) is 0 Å². The summed E-state index contributed by atoms with van der Waals surface area (Å²) in [6.07, 6.45) is 17.4. The molecule has 115 valence electrons. The van der Waals surface area contributed by atoms with Gasteiger partial charge in [0.15, 0.2) is 0 Å². The molecule has 2 heteroatoms. The van der Waals surface area contributed by atoms with Gasteiger partial charge < -0.3 is 0 Å². The summed E-state index contributed by atoms with van der Waals surface area (Å²) in [6.45, 7) is 6.63. The van der Waals surface area contributed by atoms with E-state index in [0.717, 1.165) is 6.42 Å². The van der Waals surface area contributed by atoms with Gasteiger partial charge in [-0.3, -0.25) is 0 Å². The number of hydrogen-bond donors (Lipinski definition) is 0. The molecule has 0 saturated carbocycles. The minimum atomic E-state index is 0.412. The van der Waals surface area contributed by atoms with Gasteiger partial charge in [-0.2, -0.15) is 0 Å². The Morgan fingerprint density at radius 3 is 2.76 bits per heavy atom. The Morgan fingerprint density at radius 1 is 1.43 bits per heavy atom. The number of unbranched alkanes of at least 4 members (excludes halogenated alkanes) is 2. The van der Waals surface area contributed by atoms with Crippen LogP contribution < -0.4 is 0 Å². The van der Waals surface area contributed by atoms with Crippen LogP contribution in [0.25, 0.3) is 0 Å². The molecule has 0 saturated heterocycles. The Balaban J connectivity index is 2.67. The molecule has 21 heavy (non-hydrogen) atoms. The SMILES string of the molecule is [B]=C(CC(/C=C\C)C1C=CC(CCCCC)=CC1C)OC. The summed E-state index contributed by atoms with van der Waals surface area (Å²) >= 11 is 0. The van der Waals surface area contributed by atoms with Gasteiger partial charge in [0, 0.05) is 0 Å². The van der Waals surface area contributed by atoms with Gasteiger partial charge in [-0.15, -0.1) is 0 Å². The molecule has 1 nitrogen and oxygen atoms in total. The quantitative estimate of drug-likeness (QED) is 0.334. The summed E-state index contributed by atoms with van der Waals surface area (Å²) in [5, 5.41) is 0. The first-order valence-electron chi connectivity index (χ1n) is 8.29. The summed E-state index contributed by atoms with van der Waals surface area (Å²) in [5.74, 6) is 1.47. The van der Waals surface area contributed by atoms with Crippen LogP contribution in [0.2, 0.25) is 0 Å². The van der Waals surface area contributed by atoms with Gasteiger partial charge in [-0.25, -0.2) is 0 Å². The number of hydrogen-bond acceptors (Lipinski definition) is 1. The van der Waals surface area contributed by atoms with Crippen LogP contribution in [-0.2, 0) is 4.74 Å². The normalized spacial score (nSPS) is 23.1. The average Bonchev–Trinajstić information content (AvgIpc) is 2.47. The van der Waals surface area contributed by atoms with Crippen LogP contribution in [0.5, 0.6) is 0 Å². The van der Waals surface area contributed by atoms with E-state index in [2.05, 4.69) is 51.2 Å². The Labute approximate surface area is 132 Å². The molecule has 0 aromatic rings. The molecule has 0 fully saturated rings. The van der Waals surface area contributed by atoms with E-state index in [0.29, 0.717) is 23.4 Å². The van der Waals surface area contributed by atoms with Crippen molar-refractivity contribution >= 4 is 13.1 Å². The molecule has 1 radical (unpaired) electrons. The Kier molecular flexibility index (Phi) is 8.41. The van der Waals surface area contributed by atoms with E-state index in [4.69, 9.17) is 12.2 Å². The van der Waals surface area contributed by atoms with Crippen LogP contribution in [0.3, 0.4) is 0 Å². The number of ether oxygens (including phenoxy) is 1.